The summed E-state index contributed by atoms with van der Waals surface area (Å²) in [5.74, 6) is 1.65. The van der Waals surface area contributed by atoms with E-state index in [4.69, 9.17) is 14.7 Å². The van der Waals surface area contributed by atoms with Crippen molar-refractivity contribution in [3.63, 3.8) is 0 Å². The molecule has 9 nitrogen and oxygen atoms in total. The topological polar surface area (TPSA) is 93.5 Å². The van der Waals surface area contributed by atoms with Crippen LogP contribution in [0.4, 0.5) is 5.82 Å². The molecule has 0 bridgehead atoms. The Bertz CT molecular complexity index is 1220. The zero-order valence-corrected chi connectivity index (χ0v) is 19.2. The molecule has 2 fully saturated rings. The summed E-state index contributed by atoms with van der Waals surface area (Å²) < 4.78 is 33.0. The van der Waals surface area contributed by atoms with Crippen molar-refractivity contribution in [1.29, 1.82) is 0 Å². The highest BCUT2D eigenvalue weighted by Gasteiger charge is 2.29. The van der Waals surface area contributed by atoms with Crippen LogP contribution in [-0.4, -0.2) is 77.4 Å². The quantitative estimate of drug-likeness (QED) is 0.594. The molecule has 0 amide bonds. The lowest BCUT2D eigenvalue weighted by Crippen LogP contribution is -2.44. The molecule has 2 aromatic heterocycles. The van der Waals surface area contributed by atoms with E-state index in [9.17, 15) is 8.42 Å². The predicted molar refractivity (Wildman–Crippen MR) is 123 cm³/mol. The second-order valence-corrected chi connectivity index (χ2v) is 10.6. The van der Waals surface area contributed by atoms with Crippen molar-refractivity contribution < 1.29 is 13.2 Å². The number of imidazole rings is 1. The van der Waals surface area contributed by atoms with Gasteiger partial charge in [0.2, 0.25) is 16.0 Å². The number of ether oxygens (including phenoxy) is 1. The molecule has 4 heterocycles. The normalized spacial score (nSPS) is 21.3. The van der Waals surface area contributed by atoms with E-state index in [1.54, 1.807) is 10.6 Å². The molecule has 0 radical (unpaired) electrons. The third-order valence-corrected chi connectivity index (χ3v) is 7.70. The van der Waals surface area contributed by atoms with Crippen molar-refractivity contribution in [3.8, 4) is 5.95 Å². The molecule has 0 spiro atoms. The van der Waals surface area contributed by atoms with E-state index in [1.807, 2.05) is 28.8 Å². The summed E-state index contributed by atoms with van der Waals surface area (Å²) in [5.41, 5.74) is 2.80. The van der Waals surface area contributed by atoms with E-state index < -0.39 is 10.0 Å². The number of benzene rings is 1. The molecule has 32 heavy (non-hydrogen) atoms. The number of sulfonamides is 1. The Labute approximate surface area is 188 Å². The van der Waals surface area contributed by atoms with Crippen LogP contribution in [0.5, 0.6) is 0 Å². The summed E-state index contributed by atoms with van der Waals surface area (Å²) >= 11 is 0. The Morgan fingerprint density at radius 2 is 1.88 bits per heavy atom. The lowest BCUT2D eigenvalue weighted by Gasteiger charge is -2.35. The maximum absolute atomic E-state index is 11.9. The maximum atomic E-state index is 11.9. The molecule has 2 saturated heterocycles. The highest BCUT2D eigenvalue weighted by atomic mass is 32.2. The van der Waals surface area contributed by atoms with Crippen LogP contribution in [0.2, 0.25) is 0 Å². The minimum atomic E-state index is -3.17. The minimum Gasteiger partial charge on any atom is -0.377 e. The fourth-order valence-corrected chi connectivity index (χ4v) is 5.45. The Morgan fingerprint density at radius 1 is 1.09 bits per heavy atom. The molecule has 3 aromatic rings. The first-order valence-corrected chi connectivity index (χ1v) is 12.9. The van der Waals surface area contributed by atoms with E-state index >= 15 is 0 Å². The van der Waals surface area contributed by atoms with Gasteiger partial charge in [-0.3, -0.25) is 4.57 Å². The average molecular weight is 457 g/mol. The monoisotopic (exact) mass is 456 g/mol. The van der Waals surface area contributed by atoms with Crippen LogP contribution in [0.1, 0.15) is 31.4 Å². The molecule has 10 heteroatoms. The number of aromatic nitrogens is 4. The van der Waals surface area contributed by atoms with Gasteiger partial charge in [-0.15, -0.1) is 0 Å². The first kappa shape index (κ1) is 21.3. The lowest BCUT2D eigenvalue weighted by molar-refractivity contribution is 0.0985. The van der Waals surface area contributed by atoms with Crippen molar-refractivity contribution in [2.75, 3.05) is 44.0 Å². The van der Waals surface area contributed by atoms with Gasteiger partial charge in [0.1, 0.15) is 12.1 Å². The van der Waals surface area contributed by atoms with Crippen LogP contribution < -0.4 is 4.90 Å². The van der Waals surface area contributed by atoms with E-state index in [0.29, 0.717) is 32.3 Å². The SMILES string of the molecule is CC1COCCN1c1cc(C2CCN(S(C)(=O)=O)CC2)nc(-n2cnc3ccccc32)n1. The zero-order valence-electron chi connectivity index (χ0n) is 18.4. The van der Waals surface area contributed by atoms with Gasteiger partial charge in [-0.05, 0) is 31.9 Å². The van der Waals surface area contributed by atoms with E-state index in [2.05, 4.69) is 22.9 Å². The molecule has 0 N–H and O–H groups in total. The number of hydrogen-bond donors (Lipinski definition) is 0. The van der Waals surface area contributed by atoms with Crippen LogP contribution in [0.15, 0.2) is 36.7 Å². The lowest BCUT2D eigenvalue weighted by atomic mass is 9.94. The minimum absolute atomic E-state index is 0.180. The predicted octanol–water partition coefficient (Wildman–Crippen LogP) is 2.18. The van der Waals surface area contributed by atoms with Crippen molar-refractivity contribution in [2.24, 2.45) is 0 Å². The van der Waals surface area contributed by atoms with Gasteiger partial charge in [0, 0.05) is 31.6 Å². The van der Waals surface area contributed by atoms with Crippen molar-refractivity contribution in [3.05, 3.63) is 42.4 Å². The summed E-state index contributed by atoms with van der Waals surface area (Å²) in [5, 5.41) is 0. The van der Waals surface area contributed by atoms with E-state index in [1.165, 1.54) is 6.26 Å². The van der Waals surface area contributed by atoms with Gasteiger partial charge < -0.3 is 9.64 Å². The van der Waals surface area contributed by atoms with Crippen molar-refractivity contribution >= 4 is 26.9 Å². The van der Waals surface area contributed by atoms with Crippen LogP contribution in [0, 0.1) is 0 Å². The van der Waals surface area contributed by atoms with Gasteiger partial charge in [-0.1, -0.05) is 12.1 Å². The molecule has 1 atom stereocenters. The van der Waals surface area contributed by atoms with Crippen LogP contribution in [0.25, 0.3) is 17.0 Å². The summed E-state index contributed by atoms with van der Waals surface area (Å²) in [6.45, 7) is 5.27. The van der Waals surface area contributed by atoms with Gasteiger partial charge in [0.25, 0.3) is 0 Å². The van der Waals surface area contributed by atoms with E-state index in [-0.39, 0.29) is 12.0 Å². The Kier molecular flexibility index (Phi) is 5.60. The molecule has 0 saturated carbocycles. The first-order valence-electron chi connectivity index (χ1n) is 11.0. The number of anilines is 1. The van der Waals surface area contributed by atoms with E-state index in [0.717, 1.165) is 41.9 Å². The molecule has 170 valence electrons. The molecule has 1 aromatic carbocycles. The van der Waals surface area contributed by atoms with Gasteiger partial charge in [0.05, 0.1) is 42.2 Å². The number of rotatable bonds is 4. The highest BCUT2D eigenvalue weighted by molar-refractivity contribution is 7.88. The number of fused-ring (bicyclic) bond motifs is 1. The van der Waals surface area contributed by atoms with Gasteiger partial charge in [0.15, 0.2) is 0 Å². The summed E-state index contributed by atoms with van der Waals surface area (Å²) in [6.07, 6.45) is 4.53. The maximum Gasteiger partial charge on any atom is 0.237 e. The van der Waals surface area contributed by atoms with Gasteiger partial charge in [-0.2, -0.15) is 4.98 Å². The molecule has 2 aliphatic heterocycles. The molecule has 1 unspecified atom stereocenters. The smallest absolute Gasteiger partial charge is 0.237 e. The summed E-state index contributed by atoms with van der Waals surface area (Å²) in [6, 6.07) is 10.2. The average Bonchev–Trinajstić information content (AvgIpc) is 3.23. The standard InChI is InChI=1S/C22H28N6O3S/c1-16-14-31-12-11-27(16)21-13-19(17-7-9-26(10-8-17)32(2,29)30)24-22(25-21)28-15-23-18-5-3-4-6-20(18)28/h3-6,13,15-17H,7-12,14H2,1-2H3. The molecule has 0 aliphatic carbocycles. The Morgan fingerprint density at radius 3 is 2.62 bits per heavy atom. The Balaban J connectivity index is 1.54. The molecular formula is C22H28N6O3S. The fourth-order valence-electron chi connectivity index (χ4n) is 4.57. The second kappa shape index (κ2) is 8.42. The number of para-hydroxylation sites is 2. The zero-order chi connectivity index (χ0) is 22.3. The number of hydrogen-bond acceptors (Lipinski definition) is 7. The fraction of sp³-hybridized carbons (Fsp3) is 0.500. The number of morpholine rings is 1. The molecular weight excluding hydrogens is 428 g/mol. The summed E-state index contributed by atoms with van der Waals surface area (Å²) in [7, 11) is -3.17. The van der Waals surface area contributed by atoms with Crippen molar-refractivity contribution in [1.82, 2.24) is 23.8 Å². The van der Waals surface area contributed by atoms with Crippen LogP contribution in [0.3, 0.4) is 0 Å². The third-order valence-electron chi connectivity index (χ3n) is 6.39. The van der Waals surface area contributed by atoms with Crippen LogP contribution in [-0.2, 0) is 14.8 Å². The number of nitrogens with zero attached hydrogens (tertiary/aromatic N) is 6. The molecule has 2 aliphatic rings. The second-order valence-electron chi connectivity index (χ2n) is 8.61. The summed E-state index contributed by atoms with van der Waals surface area (Å²) in [4.78, 5) is 16.6. The highest BCUT2D eigenvalue weighted by Crippen LogP contribution is 2.31. The third kappa shape index (κ3) is 4.10. The molecule has 5 rings (SSSR count). The largest absolute Gasteiger partial charge is 0.377 e. The number of piperidine rings is 1. The van der Waals surface area contributed by atoms with Crippen LogP contribution >= 0.6 is 0 Å². The Hall–Kier alpha value is -2.56. The van der Waals surface area contributed by atoms with Gasteiger partial charge >= 0.3 is 0 Å². The first-order chi connectivity index (χ1) is 15.4. The van der Waals surface area contributed by atoms with Gasteiger partial charge in [-0.25, -0.2) is 22.7 Å². The van der Waals surface area contributed by atoms with Crippen molar-refractivity contribution in [2.45, 2.75) is 31.7 Å².